The highest BCUT2D eigenvalue weighted by Crippen LogP contribution is 2.26. The van der Waals surface area contributed by atoms with E-state index < -0.39 is 10.0 Å². The summed E-state index contributed by atoms with van der Waals surface area (Å²) in [6, 6.07) is 13.3. The summed E-state index contributed by atoms with van der Waals surface area (Å²) in [6.07, 6.45) is 1.49. The summed E-state index contributed by atoms with van der Waals surface area (Å²) >= 11 is 15.1. The van der Waals surface area contributed by atoms with Crippen LogP contribution < -0.4 is 4.72 Å². The molecule has 0 radical (unpaired) electrons. The van der Waals surface area contributed by atoms with Crippen molar-refractivity contribution in [2.24, 2.45) is 0 Å². The van der Waals surface area contributed by atoms with E-state index in [0.29, 0.717) is 21.0 Å². The van der Waals surface area contributed by atoms with Gasteiger partial charge in [-0.3, -0.25) is 9.29 Å². The van der Waals surface area contributed by atoms with E-state index in [1.807, 2.05) is 0 Å². The van der Waals surface area contributed by atoms with E-state index in [0.717, 1.165) is 0 Å². The summed E-state index contributed by atoms with van der Waals surface area (Å²) in [6.45, 7) is 0. The number of nitrogens with one attached hydrogen (secondary N) is 1. The lowest BCUT2D eigenvalue weighted by Gasteiger charge is -2.10. The van der Waals surface area contributed by atoms with Gasteiger partial charge < -0.3 is 0 Å². The molecule has 3 aromatic rings. The Hall–Kier alpha value is -1.54. The molecule has 2 aromatic carbocycles. The Morgan fingerprint density at radius 3 is 2.29 bits per heavy atom. The molecule has 24 heavy (non-hydrogen) atoms. The van der Waals surface area contributed by atoms with E-state index in [9.17, 15) is 8.42 Å². The van der Waals surface area contributed by atoms with Crippen LogP contribution in [0, 0.1) is 0 Å². The van der Waals surface area contributed by atoms with Crippen LogP contribution in [0.5, 0.6) is 0 Å². The fourth-order valence-electron chi connectivity index (χ4n) is 2.05. The quantitative estimate of drug-likeness (QED) is 0.629. The van der Waals surface area contributed by atoms with Gasteiger partial charge in [0.2, 0.25) is 0 Å². The Morgan fingerprint density at radius 2 is 1.71 bits per heavy atom. The normalized spacial score (nSPS) is 11.5. The summed E-state index contributed by atoms with van der Waals surface area (Å²) in [4.78, 5) is 4.07. The van der Waals surface area contributed by atoms with Gasteiger partial charge in [0.15, 0.2) is 10.3 Å². The highest BCUT2D eigenvalue weighted by Gasteiger charge is 2.17. The maximum atomic E-state index is 12.4. The van der Waals surface area contributed by atoms with Crippen molar-refractivity contribution in [2.75, 3.05) is 4.72 Å². The zero-order chi connectivity index (χ0) is 17.3. The minimum atomic E-state index is -3.69. The highest BCUT2D eigenvalue weighted by atomic mass is 79.9. The van der Waals surface area contributed by atoms with Gasteiger partial charge in [0.05, 0.1) is 0 Å². The predicted octanol–water partition coefficient (Wildman–Crippen LogP) is 4.74. The third kappa shape index (κ3) is 3.44. The minimum Gasteiger partial charge on any atom is -0.288 e. The lowest BCUT2D eigenvalue weighted by molar-refractivity contribution is 0.601. The van der Waals surface area contributed by atoms with Crippen molar-refractivity contribution < 1.29 is 8.42 Å². The zero-order valence-corrected chi connectivity index (χ0v) is 15.9. The van der Waals surface area contributed by atoms with Gasteiger partial charge in [-0.2, -0.15) is 0 Å². The third-order valence-corrected chi connectivity index (χ3v) is 6.32. The maximum Gasteiger partial charge on any atom is 0.263 e. The molecule has 1 heterocycles. The van der Waals surface area contributed by atoms with Crippen molar-refractivity contribution in [2.45, 2.75) is 4.90 Å². The van der Waals surface area contributed by atoms with Gasteiger partial charge >= 0.3 is 0 Å². The second-order valence-electron chi connectivity index (χ2n) is 4.78. The maximum absolute atomic E-state index is 12.4. The smallest absolute Gasteiger partial charge is 0.263 e. The first kappa shape index (κ1) is 17.3. The van der Waals surface area contributed by atoms with Gasteiger partial charge in [0.1, 0.15) is 11.2 Å². The number of halogens is 3. The third-order valence-electron chi connectivity index (χ3n) is 3.19. The van der Waals surface area contributed by atoms with Gasteiger partial charge in [-0.1, -0.05) is 35.3 Å². The second kappa shape index (κ2) is 6.76. The van der Waals surface area contributed by atoms with Crippen molar-refractivity contribution in [3.05, 3.63) is 69.6 Å². The molecule has 0 unspecified atom stereocenters. The average Bonchev–Trinajstić information content (AvgIpc) is 2.88. The molecule has 0 aliphatic rings. The Labute approximate surface area is 157 Å². The number of imidazole rings is 1. The van der Waals surface area contributed by atoms with Crippen LogP contribution in [0.4, 0.5) is 5.69 Å². The summed E-state index contributed by atoms with van der Waals surface area (Å²) in [5.74, 6) is 0. The summed E-state index contributed by atoms with van der Waals surface area (Å²) < 4.78 is 29.5. The first-order valence-corrected chi connectivity index (χ1v) is 9.68. The lowest BCUT2D eigenvalue weighted by atomic mass is 10.3. The molecule has 0 bridgehead atoms. The van der Waals surface area contributed by atoms with Crippen molar-refractivity contribution in [3.8, 4) is 5.69 Å². The van der Waals surface area contributed by atoms with Crippen LogP contribution in [0.15, 0.2) is 64.2 Å². The monoisotopic (exact) mass is 445 g/mol. The Morgan fingerprint density at radius 1 is 1.04 bits per heavy atom. The van der Waals surface area contributed by atoms with Crippen LogP contribution in [-0.4, -0.2) is 18.0 Å². The standard InChI is InChI=1S/C15H10BrCl2N3O2S/c16-12-3-1-2-4-13(12)24(22,23)20-10-5-7-11(8-6-10)21-9-19-14(17)15(21)18/h1-9,20H. The Bertz CT molecular complexity index is 988. The van der Waals surface area contributed by atoms with E-state index >= 15 is 0 Å². The Balaban J connectivity index is 1.87. The molecule has 0 fully saturated rings. The molecule has 3 rings (SSSR count). The number of rotatable bonds is 4. The molecule has 0 saturated heterocycles. The number of benzene rings is 2. The average molecular weight is 447 g/mol. The van der Waals surface area contributed by atoms with Gasteiger partial charge in [-0.05, 0) is 52.3 Å². The topological polar surface area (TPSA) is 64.0 Å². The number of aromatic nitrogens is 2. The van der Waals surface area contributed by atoms with Crippen molar-refractivity contribution in [1.82, 2.24) is 9.55 Å². The van der Waals surface area contributed by atoms with Gasteiger partial charge in [-0.15, -0.1) is 0 Å². The molecule has 124 valence electrons. The van der Waals surface area contributed by atoms with Crippen molar-refractivity contribution in [3.63, 3.8) is 0 Å². The van der Waals surface area contributed by atoms with E-state index in [2.05, 4.69) is 25.6 Å². The minimum absolute atomic E-state index is 0.165. The van der Waals surface area contributed by atoms with Crippen LogP contribution >= 0.6 is 39.1 Å². The van der Waals surface area contributed by atoms with E-state index in [1.165, 1.54) is 12.4 Å². The van der Waals surface area contributed by atoms with Gasteiger partial charge in [0.25, 0.3) is 10.0 Å². The van der Waals surface area contributed by atoms with Crippen LogP contribution in [0.2, 0.25) is 10.3 Å². The molecular formula is C15H10BrCl2N3O2S. The molecule has 5 nitrogen and oxygen atoms in total. The Kier molecular flexibility index (Phi) is 4.87. The van der Waals surface area contributed by atoms with E-state index in [-0.39, 0.29) is 10.0 Å². The first-order chi connectivity index (χ1) is 11.4. The van der Waals surface area contributed by atoms with Crippen molar-refractivity contribution >= 4 is 54.8 Å². The largest absolute Gasteiger partial charge is 0.288 e. The highest BCUT2D eigenvalue weighted by molar-refractivity contribution is 9.10. The van der Waals surface area contributed by atoms with Crippen LogP contribution in [-0.2, 0) is 10.0 Å². The van der Waals surface area contributed by atoms with Crippen LogP contribution in [0.1, 0.15) is 0 Å². The summed E-state index contributed by atoms with van der Waals surface area (Å²) in [5.41, 5.74) is 1.14. The summed E-state index contributed by atoms with van der Waals surface area (Å²) in [5, 5.41) is 0.494. The molecule has 9 heteroatoms. The van der Waals surface area contributed by atoms with Crippen LogP contribution in [0.3, 0.4) is 0 Å². The molecule has 0 spiro atoms. The molecule has 1 N–H and O–H groups in total. The van der Waals surface area contributed by atoms with E-state index in [1.54, 1.807) is 47.0 Å². The van der Waals surface area contributed by atoms with Crippen LogP contribution in [0.25, 0.3) is 5.69 Å². The first-order valence-electron chi connectivity index (χ1n) is 6.64. The number of hydrogen-bond donors (Lipinski definition) is 1. The molecule has 1 aromatic heterocycles. The zero-order valence-electron chi connectivity index (χ0n) is 11.9. The molecule has 0 amide bonds. The molecule has 0 atom stereocenters. The predicted molar refractivity (Wildman–Crippen MR) is 98.5 cm³/mol. The fourth-order valence-corrected chi connectivity index (χ4v) is 4.44. The number of hydrogen-bond acceptors (Lipinski definition) is 3. The van der Waals surface area contributed by atoms with Crippen molar-refractivity contribution in [1.29, 1.82) is 0 Å². The molecule has 0 saturated carbocycles. The SMILES string of the molecule is O=S(=O)(Nc1ccc(-n2cnc(Cl)c2Cl)cc1)c1ccccc1Br. The second-order valence-corrected chi connectivity index (χ2v) is 8.00. The molecule has 0 aliphatic carbocycles. The van der Waals surface area contributed by atoms with Gasteiger partial charge in [-0.25, -0.2) is 13.4 Å². The lowest BCUT2D eigenvalue weighted by Crippen LogP contribution is -2.13. The summed E-state index contributed by atoms with van der Waals surface area (Å²) in [7, 11) is -3.69. The van der Waals surface area contributed by atoms with E-state index in [4.69, 9.17) is 23.2 Å². The number of nitrogens with zero attached hydrogens (tertiary/aromatic N) is 2. The number of sulfonamides is 1. The number of anilines is 1. The molecular weight excluding hydrogens is 437 g/mol. The molecule has 0 aliphatic heterocycles. The van der Waals surface area contributed by atoms with Gasteiger partial charge in [0, 0.05) is 15.8 Å². The fraction of sp³-hybridized carbons (Fsp3) is 0.